The monoisotopic (exact) mass is 286 g/mol. The molecule has 1 unspecified atom stereocenters. The van der Waals surface area contributed by atoms with Crippen molar-refractivity contribution in [3.8, 4) is 0 Å². The Kier molecular flexibility index (Phi) is 3.27. The highest BCUT2D eigenvalue weighted by Crippen LogP contribution is 2.30. The molecule has 2 aliphatic rings. The molecule has 1 atom stereocenters. The summed E-state index contributed by atoms with van der Waals surface area (Å²) in [6.07, 6.45) is 3.37. The summed E-state index contributed by atoms with van der Waals surface area (Å²) >= 11 is 0. The zero-order valence-corrected chi connectivity index (χ0v) is 12.9. The first-order valence-corrected chi connectivity index (χ1v) is 7.59. The first-order valence-electron chi connectivity index (χ1n) is 7.59. The molecule has 2 amide bonds. The number of piperazine rings is 1. The smallest absolute Gasteiger partial charge is 0.250 e. The van der Waals surface area contributed by atoms with Crippen molar-refractivity contribution < 1.29 is 9.59 Å². The van der Waals surface area contributed by atoms with E-state index in [2.05, 4.69) is 17.4 Å². The van der Waals surface area contributed by atoms with E-state index in [1.807, 2.05) is 26.8 Å². The van der Waals surface area contributed by atoms with Crippen molar-refractivity contribution >= 4 is 17.5 Å². The number of rotatable bonds is 1. The van der Waals surface area contributed by atoms with Gasteiger partial charge < -0.3 is 10.2 Å². The third kappa shape index (κ3) is 2.55. The number of carbonyl (C=O) groups excluding carboxylic acids is 2. The molecule has 4 heteroatoms. The van der Waals surface area contributed by atoms with Gasteiger partial charge in [-0.1, -0.05) is 26.8 Å². The van der Waals surface area contributed by atoms with E-state index >= 15 is 0 Å². The highest BCUT2D eigenvalue weighted by Gasteiger charge is 2.40. The predicted octanol–water partition coefficient (Wildman–Crippen LogP) is 2.05. The number of hydrogen-bond acceptors (Lipinski definition) is 2. The number of carbonyl (C=O) groups is 2. The average Bonchev–Trinajstić information content (AvgIpc) is 2.87. The van der Waals surface area contributed by atoms with E-state index in [0.717, 1.165) is 18.5 Å². The Balaban J connectivity index is 1.93. The fourth-order valence-corrected chi connectivity index (χ4v) is 3.18. The van der Waals surface area contributed by atoms with Crippen LogP contribution >= 0.6 is 0 Å². The summed E-state index contributed by atoms with van der Waals surface area (Å²) in [5, 5.41) is 2.83. The van der Waals surface area contributed by atoms with Gasteiger partial charge in [-0.15, -0.1) is 0 Å². The van der Waals surface area contributed by atoms with Gasteiger partial charge in [0.25, 0.3) is 5.91 Å². The molecule has 0 bridgehead atoms. The van der Waals surface area contributed by atoms with Crippen LogP contribution < -0.4 is 10.2 Å². The summed E-state index contributed by atoms with van der Waals surface area (Å²) < 4.78 is 0. The lowest BCUT2D eigenvalue weighted by molar-refractivity contribution is -0.133. The standard InChI is InChI=1S/C17H22N2O2/c1-17(2,3)15-16(21)19(10-14(20)18-15)13-8-7-11-5-4-6-12(11)9-13/h7-9,15H,4-6,10H2,1-3H3,(H,18,20). The molecule has 0 radical (unpaired) electrons. The van der Waals surface area contributed by atoms with Gasteiger partial charge in [0.1, 0.15) is 12.6 Å². The Bertz CT molecular complexity index is 601. The molecule has 0 spiro atoms. The zero-order chi connectivity index (χ0) is 15.2. The second-order valence-electron chi connectivity index (χ2n) is 7.10. The number of hydrogen-bond donors (Lipinski definition) is 1. The molecule has 4 nitrogen and oxygen atoms in total. The number of nitrogens with zero attached hydrogens (tertiary/aromatic N) is 1. The molecular formula is C17H22N2O2. The zero-order valence-electron chi connectivity index (χ0n) is 12.9. The Morgan fingerprint density at radius 2 is 1.86 bits per heavy atom. The van der Waals surface area contributed by atoms with Crippen molar-refractivity contribution in [1.29, 1.82) is 0 Å². The van der Waals surface area contributed by atoms with Crippen LogP contribution in [-0.2, 0) is 22.4 Å². The first kappa shape index (κ1) is 14.1. The molecule has 1 aromatic carbocycles. The van der Waals surface area contributed by atoms with Gasteiger partial charge in [0, 0.05) is 5.69 Å². The van der Waals surface area contributed by atoms with Crippen molar-refractivity contribution in [2.45, 2.75) is 46.1 Å². The van der Waals surface area contributed by atoms with E-state index in [1.54, 1.807) is 4.90 Å². The number of anilines is 1. The largest absolute Gasteiger partial charge is 0.342 e. The Morgan fingerprint density at radius 3 is 2.57 bits per heavy atom. The quantitative estimate of drug-likeness (QED) is 0.859. The minimum Gasteiger partial charge on any atom is -0.342 e. The van der Waals surface area contributed by atoms with Gasteiger partial charge in [-0.3, -0.25) is 9.59 Å². The lowest BCUT2D eigenvalue weighted by Gasteiger charge is -2.39. The number of aryl methyl sites for hydroxylation is 2. The molecule has 1 aromatic rings. The molecule has 3 rings (SSSR count). The van der Waals surface area contributed by atoms with Crippen molar-refractivity contribution in [2.75, 3.05) is 11.4 Å². The summed E-state index contributed by atoms with van der Waals surface area (Å²) in [7, 11) is 0. The molecule has 1 fully saturated rings. The van der Waals surface area contributed by atoms with Crippen LogP contribution in [-0.4, -0.2) is 24.4 Å². The van der Waals surface area contributed by atoms with E-state index in [9.17, 15) is 9.59 Å². The second kappa shape index (κ2) is 4.86. The highest BCUT2D eigenvalue weighted by atomic mass is 16.2. The Labute approximate surface area is 125 Å². The molecule has 1 saturated heterocycles. The molecule has 1 heterocycles. The number of fused-ring (bicyclic) bond motifs is 1. The summed E-state index contributed by atoms with van der Waals surface area (Å²) in [4.78, 5) is 26.3. The molecular weight excluding hydrogens is 264 g/mol. The van der Waals surface area contributed by atoms with E-state index in [4.69, 9.17) is 0 Å². The van der Waals surface area contributed by atoms with Gasteiger partial charge >= 0.3 is 0 Å². The summed E-state index contributed by atoms with van der Waals surface area (Å²) in [6, 6.07) is 5.69. The van der Waals surface area contributed by atoms with Crippen LogP contribution in [0.15, 0.2) is 18.2 Å². The fraction of sp³-hybridized carbons (Fsp3) is 0.529. The molecule has 0 aromatic heterocycles. The molecule has 1 N–H and O–H groups in total. The van der Waals surface area contributed by atoms with Crippen molar-refractivity contribution in [3.05, 3.63) is 29.3 Å². The maximum atomic E-state index is 12.7. The van der Waals surface area contributed by atoms with Crippen LogP contribution in [0.5, 0.6) is 0 Å². The van der Waals surface area contributed by atoms with Crippen LogP contribution in [0.3, 0.4) is 0 Å². The van der Waals surface area contributed by atoms with Crippen molar-refractivity contribution in [3.63, 3.8) is 0 Å². The van der Waals surface area contributed by atoms with Crippen molar-refractivity contribution in [2.24, 2.45) is 5.41 Å². The van der Waals surface area contributed by atoms with Gasteiger partial charge in [-0.05, 0) is 47.9 Å². The minimum absolute atomic E-state index is 0.0138. The van der Waals surface area contributed by atoms with E-state index < -0.39 is 6.04 Å². The molecule has 112 valence electrons. The van der Waals surface area contributed by atoms with Crippen LogP contribution in [0.25, 0.3) is 0 Å². The third-order valence-corrected chi connectivity index (χ3v) is 4.38. The molecule has 21 heavy (non-hydrogen) atoms. The number of benzene rings is 1. The minimum atomic E-state index is -0.466. The summed E-state index contributed by atoms with van der Waals surface area (Å²) in [6.45, 7) is 6.04. The topological polar surface area (TPSA) is 49.4 Å². The average molecular weight is 286 g/mol. The summed E-state index contributed by atoms with van der Waals surface area (Å²) in [5.41, 5.74) is 3.26. The number of amides is 2. The van der Waals surface area contributed by atoms with Gasteiger partial charge in [-0.2, -0.15) is 0 Å². The predicted molar refractivity (Wildman–Crippen MR) is 82.2 cm³/mol. The highest BCUT2D eigenvalue weighted by molar-refractivity contribution is 6.07. The van der Waals surface area contributed by atoms with Crippen LogP contribution in [0.2, 0.25) is 0 Å². The van der Waals surface area contributed by atoms with Crippen LogP contribution in [0.1, 0.15) is 38.3 Å². The second-order valence-corrected chi connectivity index (χ2v) is 7.10. The molecule has 1 aliphatic carbocycles. The van der Waals surface area contributed by atoms with E-state index in [0.29, 0.717) is 0 Å². The summed E-state index contributed by atoms with van der Waals surface area (Å²) in [5.74, 6) is -0.102. The van der Waals surface area contributed by atoms with E-state index in [-0.39, 0.29) is 23.8 Å². The first-order chi connectivity index (χ1) is 9.86. The maximum absolute atomic E-state index is 12.7. The van der Waals surface area contributed by atoms with Gasteiger partial charge in [0.2, 0.25) is 5.91 Å². The maximum Gasteiger partial charge on any atom is 0.250 e. The fourth-order valence-electron chi connectivity index (χ4n) is 3.18. The van der Waals surface area contributed by atoms with E-state index in [1.165, 1.54) is 17.5 Å². The lowest BCUT2D eigenvalue weighted by Crippen LogP contribution is -2.62. The number of nitrogens with one attached hydrogen (secondary N) is 1. The van der Waals surface area contributed by atoms with Crippen molar-refractivity contribution in [1.82, 2.24) is 5.32 Å². The van der Waals surface area contributed by atoms with Gasteiger partial charge in [0.05, 0.1) is 0 Å². The SMILES string of the molecule is CC(C)(C)C1NC(=O)CN(c2ccc3c(c2)CCC3)C1=O. The molecule has 1 aliphatic heterocycles. The third-order valence-electron chi connectivity index (χ3n) is 4.38. The van der Waals surface area contributed by atoms with Crippen LogP contribution in [0.4, 0.5) is 5.69 Å². The Morgan fingerprint density at radius 1 is 1.14 bits per heavy atom. The Hall–Kier alpha value is -1.84. The lowest BCUT2D eigenvalue weighted by atomic mass is 9.84. The van der Waals surface area contributed by atoms with Crippen LogP contribution in [0, 0.1) is 5.41 Å². The molecule has 0 saturated carbocycles. The van der Waals surface area contributed by atoms with Gasteiger partial charge in [0.15, 0.2) is 0 Å². The normalized spacial score (nSPS) is 22.2. The van der Waals surface area contributed by atoms with Gasteiger partial charge in [-0.25, -0.2) is 0 Å².